The molecule has 2 aromatic carbocycles. The van der Waals surface area contributed by atoms with Gasteiger partial charge in [0.2, 0.25) is 0 Å². The predicted octanol–water partition coefficient (Wildman–Crippen LogP) is 2.98. The number of benzene rings is 2. The lowest BCUT2D eigenvalue weighted by Gasteiger charge is -2.28. The number of carbonyl (C=O) groups excluding carboxylic acids is 2. The first kappa shape index (κ1) is 20.5. The molecule has 0 heterocycles. The van der Waals surface area contributed by atoms with Crippen molar-refractivity contribution in [1.29, 1.82) is 0 Å². The quantitative estimate of drug-likeness (QED) is 0.689. The Balaban J connectivity index is 1.87. The molecule has 1 atom stereocenters. The highest BCUT2D eigenvalue weighted by Gasteiger charge is 2.21. The van der Waals surface area contributed by atoms with Crippen LogP contribution in [0.2, 0.25) is 0 Å². The highest BCUT2D eigenvalue weighted by molar-refractivity contribution is 5.74. The van der Waals surface area contributed by atoms with Crippen LogP contribution in [0.15, 0.2) is 60.7 Å². The summed E-state index contributed by atoms with van der Waals surface area (Å²) in [5.41, 5.74) is 2.05. The molecule has 0 aromatic heterocycles. The van der Waals surface area contributed by atoms with Gasteiger partial charge in [-0.15, -0.1) is 0 Å². The highest BCUT2D eigenvalue weighted by atomic mass is 16.5. The van der Waals surface area contributed by atoms with Crippen molar-refractivity contribution in [3.63, 3.8) is 0 Å². The first-order chi connectivity index (χ1) is 13.1. The number of nitrogens with one attached hydrogen (secondary N) is 1. The third-order valence-corrected chi connectivity index (χ3v) is 4.06. The number of carbonyl (C=O) groups is 2. The molecule has 0 fully saturated rings. The third kappa shape index (κ3) is 7.50. The van der Waals surface area contributed by atoms with E-state index < -0.39 is 0 Å². The van der Waals surface area contributed by atoms with E-state index in [1.165, 1.54) is 11.8 Å². The molecule has 0 saturated heterocycles. The Morgan fingerprint density at radius 2 is 1.56 bits per heavy atom. The van der Waals surface area contributed by atoms with Crippen LogP contribution >= 0.6 is 0 Å². The van der Waals surface area contributed by atoms with Gasteiger partial charge in [0, 0.05) is 20.5 Å². The van der Waals surface area contributed by atoms with Crippen LogP contribution in [0.3, 0.4) is 0 Å². The fourth-order valence-corrected chi connectivity index (χ4v) is 2.44. The molecule has 0 radical (unpaired) electrons. The fraction of sp³-hybridized carbons (Fsp3) is 0.333. The lowest BCUT2D eigenvalue weighted by Crippen LogP contribution is -2.47. The summed E-state index contributed by atoms with van der Waals surface area (Å²) < 4.78 is 10.8. The van der Waals surface area contributed by atoms with Crippen LogP contribution in [-0.2, 0) is 27.4 Å². The molecule has 0 spiro atoms. The van der Waals surface area contributed by atoms with Crippen LogP contribution in [-0.4, -0.2) is 43.2 Å². The van der Waals surface area contributed by atoms with Crippen molar-refractivity contribution in [3.8, 4) is 0 Å². The number of hydrogen-bond acceptors (Lipinski definition) is 4. The summed E-state index contributed by atoms with van der Waals surface area (Å²) in [7, 11) is 1.67. The summed E-state index contributed by atoms with van der Waals surface area (Å²) in [6.45, 7) is 2.54. The Labute approximate surface area is 160 Å². The van der Waals surface area contributed by atoms with Gasteiger partial charge in [-0.3, -0.25) is 4.79 Å². The SMILES string of the molecule is CC(=O)OCC(COCc1ccccc1)N(C)C(=O)NCc1ccccc1. The van der Waals surface area contributed by atoms with E-state index in [4.69, 9.17) is 9.47 Å². The molecule has 27 heavy (non-hydrogen) atoms. The zero-order valence-corrected chi connectivity index (χ0v) is 15.8. The number of esters is 1. The van der Waals surface area contributed by atoms with Gasteiger partial charge in [0.1, 0.15) is 6.61 Å². The minimum atomic E-state index is -0.388. The molecule has 1 unspecified atom stereocenters. The predicted molar refractivity (Wildman–Crippen MR) is 103 cm³/mol. The number of ether oxygens (including phenoxy) is 2. The van der Waals surface area contributed by atoms with Crippen molar-refractivity contribution in [2.75, 3.05) is 20.3 Å². The topological polar surface area (TPSA) is 67.9 Å². The first-order valence-corrected chi connectivity index (χ1v) is 8.86. The van der Waals surface area contributed by atoms with E-state index in [-0.39, 0.29) is 31.3 Å². The maximum Gasteiger partial charge on any atom is 0.317 e. The average molecular weight is 370 g/mol. The minimum Gasteiger partial charge on any atom is -0.464 e. The van der Waals surface area contributed by atoms with E-state index >= 15 is 0 Å². The fourth-order valence-electron chi connectivity index (χ4n) is 2.44. The molecule has 0 saturated carbocycles. The maximum absolute atomic E-state index is 12.5. The van der Waals surface area contributed by atoms with E-state index in [0.717, 1.165) is 11.1 Å². The van der Waals surface area contributed by atoms with Gasteiger partial charge in [0.15, 0.2) is 0 Å². The zero-order chi connectivity index (χ0) is 19.5. The maximum atomic E-state index is 12.5. The summed E-state index contributed by atoms with van der Waals surface area (Å²) >= 11 is 0. The van der Waals surface area contributed by atoms with E-state index in [2.05, 4.69) is 5.32 Å². The van der Waals surface area contributed by atoms with Gasteiger partial charge < -0.3 is 19.7 Å². The number of likely N-dealkylation sites (N-methyl/N-ethyl adjacent to an activating group) is 1. The summed E-state index contributed by atoms with van der Waals surface area (Å²) in [6, 6.07) is 18.8. The molecule has 6 nitrogen and oxygen atoms in total. The number of rotatable bonds is 9. The van der Waals surface area contributed by atoms with Crippen LogP contribution in [0, 0.1) is 0 Å². The molecule has 0 aliphatic heterocycles. The van der Waals surface area contributed by atoms with Crippen molar-refractivity contribution in [2.45, 2.75) is 26.1 Å². The molecule has 2 rings (SSSR count). The molecule has 0 aliphatic carbocycles. The first-order valence-electron chi connectivity index (χ1n) is 8.86. The molecule has 0 aliphatic rings. The third-order valence-electron chi connectivity index (χ3n) is 4.06. The van der Waals surface area contributed by atoms with Gasteiger partial charge in [-0.1, -0.05) is 60.7 Å². The van der Waals surface area contributed by atoms with Gasteiger partial charge in [-0.05, 0) is 11.1 Å². The number of nitrogens with zero attached hydrogens (tertiary/aromatic N) is 1. The van der Waals surface area contributed by atoms with E-state index in [1.807, 2.05) is 60.7 Å². The number of amides is 2. The lowest BCUT2D eigenvalue weighted by molar-refractivity contribution is -0.143. The molecule has 2 aromatic rings. The van der Waals surface area contributed by atoms with Crippen molar-refractivity contribution in [2.24, 2.45) is 0 Å². The summed E-state index contributed by atoms with van der Waals surface area (Å²) in [6.07, 6.45) is 0. The molecular weight excluding hydrogens is 344 g/mol. The van der Waals surface area contributed by atoms with Gasteiger partial charge in [0.25, 0.3) is 0 Å². The van der Waals surface area contributed by atoms with E-state index in [1.54, 1.807) is 7.05 Å². The van der Waals surface area contributed by atoms with Gasteiger partial charge in [-0.25, -0.2) is 4.79 Å². The number of hydrogen-bond donors (Lipinski definition) is 1. The zero-order valence-electron chi connectivity index (χ0n) is 15.8. The largest absolute Gasteiger partial charge is 0.464 e. The van der Waals surface area contributed by atoms with Crippen molar-refractivity contribution in [1.82, 2.24) is 10.2 Å². The van der Waals surface area contributed by atoms with Gasteiger partial charge >= 0.3 is 12.0 Å². The monoisotopic (exact) mass is 370 g/mol. The van der Waals surface area contributed by atoms with Crippen LogP contribution in [0.25, 0.3) is 0 Å². The summed E-state index contributed by atoms with van der Waals surface area (Å²) in [5, 5.41) is 2.87. The Morgan fingerprint density at radius 3 is 2.15 bits per heavy atom. The van der Waals surface area contributed by atoms with E-state index in [9.17, 15) is 9.59 Å². The van der Waals surface area contributed by atoms with Crippen LogP contribution in [0.5, 0.6) is 0 Å². The Hall–Kier alpha value is -2.86. The summed E-state index contributed by atoms with van der Waals surface area (Å²) in [4.78, 5) is 25.1. The number of urea groups is 1. The standard InChI is InChI=1S/C21H26N2O4/c1-17(24)27-16-20(15-26-14-19-11-7-4-8-12-19)23(2)21(25)22-13-18-9-5-3-6-10-18/h3-12,20H,13-16H2,1-2H3,(H,22,25). The second kappa shape index (κ2) is 11.0. The lowest BCUT2D eigenvalue weighted by atomic mass is 10.2. The van der Waals surface area contributed by atoms with Gasteiger partial charge in [0.05, 0.1) is 19.3 Å². The van der Waals surface area contributed by atoms with Crippen LogP contribution in [0.1, 0.15) is 18.1 Å². The molecule has 6 heteroatoms. The van der Waals surface area contributed by atoms with Gasteiger partial charge in [-0.2, -0.15) is 0 Å². The Bertz CT molecular complexity index is 707. The minimum absolute atomic E-state index is 0.0827. The highest BCUT2D eigenvalue weighted by Crippen LogP contribution is 2.06. The molecule has 2 amide bonds. The normalized spacial score (nSPS) is 11.5. The molecule has 144 valence electrons. The van der Waals surface area contributed by atoms with E-state index in [0.29, 0.717) is 13.2 Å². The second-order valence-corrected chi connectivity index (χ2v) is 6.21. The Kier molecular flexibility index (Phi) is 8.32. The molecule has 1 N–H and O–H groups in total. The van der Waals surface area contributed by atoms with Crippen LogP contribution < -0.4 is 5.32 Å². The molecule has 0 bridgehead atoms. The van der Waals surface area contributed by atoms with Crippen molar-refractivity contribution < 1.29 is 19.1 Å². The smallest absolute Gasteiger partial charge is 0.317 e. The second-order valence-electron chi connectivity index (χ2n) is 6.21. The van der Waals surface area contributed by atoms with Crippen molar-refractivity contribution >= 4 is 12.0 Å². The summed E-state index contributed by atoms with van der Waals surface area (Å²) in [5.74, 6) is -0.388. The van der Waals surface area contributed by atoms with Crippen molar-refractivity contribution in [3.05, 3.63) is 71.8 Å². The Morgan fingerprint density at radius 1 is 0.963 bits per heavy atom. The molecular formula is C21H26N2O4. The average Bonchev–Trinajstić information content (AvgIpc) is 2.69. The van der Waals surface area contributed by atoms with Crippen LogP contribution in [0.4, 0.5) is 4.79 Å².